The van der Waals surface area contributed by atoms with E-state index in [-0.39, 0.29) is 18.4 Å². The number of aromatic nitrogens is 2. The molecule has 1 aromatic rings. The van der Waals surface area contributed by atoms with Gasteiger partial charge in [0.15, 0.2) is 5.60 Å². The van der Waals surface area contributed by atoms with E-state index in [1.165, 1.54) is 6.20 Å². The quantitative estimate of drug-likeness (QED) is 0.602. The van der Waals surface area contributed by atoms with Crippen molar-refractivity contribution in [2.24, 2.45) is 0 Å². The summed E-state index contributed by atoms with van der Waals surface area (Å²) in [5.41, 5.74) is -0.764. The number of carbonyl (C=O) groups excluding carboxylic acids is 1. The van der Waals surface area contributed by atoms with Gasteiger partial charge in [-0.25, -0.2) is 4.79 Å². The Labute approximate surface area is 121 Å². The van der Waals surface area contributed by atoms with Crippen LogP contribution >= 0.6 is 0 Å². The third-order valence-corrected chi connectivity index (χ3v) is 3.28. The lowest BCUT2D eigenvalue weighted by Gasteiger charge is -2.24. The molecule has 0 saturated heterocycles. The molecule has 0 radical (unpaired) electrons. The minimum absolute atomic E-state index is 0.0551. The fourth-order valence-electron chi connectivity index (χ4n) is 2.14. The van der Waals surface area contributed by atoms with Crippen LogP contribution in [0.25, 0.3) is 0 Å². The van der Waals surface area contributed by atoms with Gasteiger partial charge < -0.3 is 24.5 Å². The Hall–Kier alpha value is -2.32. The molecule has 2 rings (SSSR count). The molecule has 0 aromatic carbocycles. The maximum Gasteiger partial charge on any atom is 0.415 e. The van der Waals surface area contributed by atoms with Crippen LogP contribution < -0.4 is 4.74 Å². The fourth-order valence-corrected chi connectivity index (χ4v) is 2.14. The highest BCUT2D eigenvalue weighted by Crippen LogP contribution is 2.31. The van der Waals surface area contributed by atoms with Crippen LogP contribution in [0, 0.1) is 10.1 Å². The molecule has 116 valence electrons. The minimum atomic E-state index is -0.764. The number of hydrogen-bond acceptors (Lipinski definition) is 6. The van der Waals surface area contributed by atoms with Crippen molar-refractivity contribution >= 4 is 11.9 Å². The number of hydrogen-bond donors (Lipinski definition) is 0. The lowest BCUT2D eigenvalue weighted by atomic mass is 10.1. The van der Waals surface area contributed by atoms with Gasteiger partial charge in [-0.15, -0.1) is 0 Å². The average Bonchev–Trinajstić information content (AvgIpc) is 2.93. The van der Waals surface area contributed by atoms with E-state index in [9.17, 15) is 14.9 Å². The third-order valence-electron chi connectivity index (χ3n) is 3.28. The van der Waals surface area contributed by atoms with E-state index >= 15 is 0 Å². The molecule has 1 amide bonds. The Morgan fingerprint density at radius 1 is 1.62 bits per heavy atom. The summed E-state index contributed by atoms with van der Waals surface area (Å²) >= 11 is 0. The SMILES string of the molecule is CCN(CC)C(=O)OC[C@@]1(C)Cn2cc([N+](=O)[O-])nc2O1. The number of ether oxygens (including phenoxy) is 2. The summed E-state index contributed by atoms with van der Waals surface area (Å²) in [5, 5.41) is 10.6. The van der Waals surface area contributed by atoms with Gasteiger partial charge in [0.1, 0.15) is 12.8 Å². The van der Waals surface area contributed by atoms with Gasteiger partial charge in [-0.3, -0.25) is 4.57 Å². The molecule has 1 aliphatic heterocycles. The molecular weight excluding hydrogens is 280 g/mol. The van der Waals surface area contributed by atoms with Crippen molar-refractivity contribution in [2.45, 2.75) is 32.9 Å². The number of imidazole rings is 1. The van der Waals surface area contributed by atoms with Crippen molar-refractivity contribution in [3.63, 3.8) is 0 Å². The van der Waals surface area contributed by atoms with Crippen molar-refractivity contribution in [1.82, 2.24) is 14.5 Å². The zero-order chi connectivity index (χ0) is 15.6. The first kappa shape index (κ1) is 15.1. The first-order chi connectivity index (χ1) is 9.88. The lowest BCUT2D eigenvalue weighted by Crippen LogP contribution is -2.41. The van der Waals surface area contributed by atoms with E-state index in [4.69, 9.17) is 9.47 Å². The topological polar surface area (TPSA) is 99.7 Å². The molecule has 0 fully saturated rings. The molecule has 0 aliphatic carbocycles. The first-order valence-corrected chi connectivity index (χ1v) is 6.71. The Balaban J connectivity index is 1.95. The zero-order valence-electron chi connectivity index (χ0n) is 12.2. The molecule has 2 heterocycles. The largest absolute Gasteiger partial charge is 0.445 e. The Morgan fingerprint density at radius 3 is 2.81 bits per heavy atom. The van der Waals surface area contributed by atoms with E-state index in [0.717, 1.165) is 0 Å². The molecular formula is C12H18N4O5. The van der Waals surface area contributed by atoms with Gasteiger partial charge in [0.05, 0.1) is 6.54 Å². The van der Waals surface area contributed by atoms with Crippen LogP contribution in [0.1, 0.15) is 20.8 Å². The van der Waals surface area contributed by atoms with Gasteiger partial charge in [0, 0.05) is 18.1 Å². The fraction of sp³-hybridized carbons (Fsp3) is 0.667. The Bertz CT molecular complexity index is 528. The van der Waals surface area contributed by atoms with Gasteiger partial charge in [-0.05, 0) is 25.7 Å². The average molecular weight is 298 g/mol. The van der Waals surface area contributed by atoms with Crippen LogP contribution in [0.15, 0.2) is 6.20 Å². The summed E-state index contributed by atoms with van der Waals surface area (Å²) in [5.74, 6) is -0.257. The van der Waals surface area contributed by atoms with Crippen LogP contribution in [-0.4, -0.2) is 50.8 Å². The van der Waals surface area contributed by atoms with Crippen molar-refractivity contribution in [2.75, 3.05) is 19.7 Å². The number of rotatable bonds is 5. The predicted octanol–water partition coefficient (Wildman–Crippen LogP) is 1.42. The van der Waals surface area contributed by atoms with E-state index in [1.807, 2.05) is 13.8 Å². The molecule has 1 aromatic heterocycles. The molecule has 1 aliphatic rings. The van der Waals surface area contributed by atoms with E-state index < -0.39 is 16.6 Å². The van der Waals surface area contributed by atoms with E-state index in [1.54, 1.807) is 16.4 Å². The summed E-state index contributed by atoms with van der Waals surface area (Å²) in [6.07, 6.45) is 0.910. The lowest BCUT2D eigenvalue weighted by molar-refractivity contribution is -0.389. The molecule has 9 heteroatoms. The predicted molar refractivity (Wildman–Crippen MR) is 72.2 cm³/mol. The molecule has 9 nitrogen and oxygen atoms in total. The van der Waals surface area contributed by atoms with Gasteiger partial charge in [-0.1, -0.05) is 0 Å². The summed E-state index contributed by atoms with van der Waals surface area (Å²) in [4.78, 5) is 27.2. The third kappa shape index (κ3) is 3.06. The normalized spacial score (nSPS) is 19.8. The van der Waals surface area contributed by atoms with Crippen LogP contribution in [0.5, 0.6) is 6.01 Å². The maximum absolute atomic E-state index is 11.8. The summed E-state index contributed by atoms with van der Waals surface area (Å²) in [6, 6.07) is 0.170. The Morgan fingerprint density at radius 2 is 2.29 bits per heavy atom. The van der Waals surface area contributed by atoms with Crippen molar-refractivity contribution in [3.05, 3.63) is 16.3 Å². The van der Waals surface area contributed by atoms with Crippen LogP contribution in [0.4, 0.5) is 10.6 Å². The monoisotopic (exact) mass is 298 g/mol. The molecule has 0 saturated carbocycles. The van der Waals surface area contributed by atoms with Gasteiger partial charge >= 0.3 is 17.9 Å². The van der Waals surface area contributed by atoms with E-state index in [0.29, 0.717) is 19.6 Å². The molecule has 0 N–H and O–H groups in total. The second kappa shape index (κ2) is 5.58. The van der Waals surface area contributed by atoms with Crippen molar-refractivity contribution < 1.29 is 19.2 Å². The standard InChI is InChI=1S/C12H18N4O5/c1-4-14(5-2)11(17)20-8-12(3)7-15-6-9(16(18)19)13-10(15)21-12/h6H,4-5,7-8H2,1-3H3/t12-/m1/s1. The highest BCUT2D eigenvalue weighted by Gasteiger charge is 2.41. The van der Waals surface area contributed by atoms with E-state index in [2.05, 4.69) is 4.98 Å². The summed E-state index contributed by atoms with van der Waals surface area (Å²) in [6.45, 7) is 7.04. The number of fused-ring (bicyclic) bond motifs is 1. The van der Waals surface area contributed by atoms with Crippen molar-refractivity contribution in [3.8, 4) is 6.01 Å². The second-order valence-electron chi connectivity index (χ2n) is 5.05. The molecule has 0 spiro atoms. The van der Waals surface area contributed by atoms with Gasteiger partial charge in [0.25, 0.3) is 0 Å². The molecule has 0 bridgehead atoms. The minimum Gasteiger partial charge on any atom is -0.445 e. The number of amides is 1. The molecule has 21 heavy (non-hydrogen) atoms. The highest BCUT2D eigenvalue weighted by atomic mass is 16.6. The first-order valence-electron chi connectivity index (χ1n) is 6.71. The Kier molecular flexibility index (Phi) is 4.01. The van der Waals surface area contributed by atoms with Gasteiger partial charge in [-0.2, -0.15) is 0 Å². The maximum atomic E-state index is 11.8. The highest BCUT2D eigenvalue weighted by molar-refractivity contribution is 5.67. The number of nitro groups is 1. The summed E-state index contributed by atoms with van der Waals surface area (Å²) < 4.78 is 12.4. The summed E-state index contributed by atoms with van der Waals surface area (Å²) in [7, 11) is 0. The van der Waals surface area contributed by atoms with Gasteiger partial charge in [0.2, 0.25) is 0 Å². The second-order valence-corrected chi connectivity index (χ2v) is 5.05. The number of nitrogens with zero attached hydrogens (tertiary/aromatic N) is 4. The zero-order valence-corrected chi connectivity index (χ0v) is 12.2. The van der Waals surface area contributed by atoms with Crippen LogP contribution in [-0.2, 0) is 11.3 Å². The van der Waals surface area contributed by atoms with Crippen molar-refractivity contribution in [1.29, 1.82) is 0 Å². The molecule has 0 unspecified atom stereocenters. The number of carbonyl (C=O) groups is 1. The van der Waals surface area contributed by atoms with Crippen LogP contribution in [0.2, 0.25) is 0 Å². The van der Waals surface area contributed by atoms with Crippen LogP contribution in [0.3, 0.4) is 0 Å². The molecule has 1 atom stereocenters. The smallest absolute Gasteiger partial charge is 0.415 e.